The molecule has 1 aromatic rings. The van der Waals surface area contributed by atoms with Gasteiger partial charge in [-0.2, -0.15) is 0 Å². The number of benzene rings is 1. The SMILES string of the molecule is Cc1cc(CC(=O)C2CC2C)ccc1Cl. The average Bonchev–Trinajstić information content (AvgIpc) is 2.89. The Labute approximate surface area is 95.4 Å². The minimum absolute atomic E-state index is 0.320. The number of hydrogen-bond acceptors (Lipinski definition) is 1. The van der Waals surface area contributed by atoms with Crippen LogP contribution in [0.4, 0.5) is 0 Å². The quantitative estimate of drug-likeness (QED) is 0.766. The summed E-state index contributed by atoms with van der Waals surface area (Å²) >= 11 is 5.93. The molecule has 0 amide bonds. The van der Waals surface area contributed by atoms with E-state index in [1.165, 1.54) is 0 Å². The van der Waals surface area contributed by atoms with E-state index in [1.807, 2.05) is 25.1 Å². The van der Waals surface area contributed by atoms with Crippen LogP contribution < -0.4 is 0 Å². The van der Waals surface area contributed by atoms with E-state index in [-0.39, 0.29) is 0 Å². The predicted octanol–water partition coefficient (Wildman–Crippen LogP) is 3.42. The molecule has 0 bridgehead atoms. The number of halogens is 1. The van der Waals surface area contributed by atoms with E-state index < -0.39 is 0 Å². The maximum absolute atomic E-state index is 11.7. The standard InChI is InChI=1S/C13H15ClO/c1-8-6-11(8)13(15)7-10-3-4-12(14)9(2)5-10/h3-5,8,11H,6-7H2,1-2H3. The van der Waals surface area contributed by atoms with Crippen LogP contribution in [-0.4, -0.2) is 5.78 Å². The van der Waals surface area contributed by atoms with E-state index >= 15 is 0 Å². The molecular formula is C13H15ClO. The molecule has 2 heteroatoms. The van der Waals surface area contributed by atoms with Crippen LogP contribution in [0.15, 0.2) is 18.2 Å². The minimum atomic E-state index is 0.320. The Balaban J connectivity index is 2.04. The number of ketones is 1. The lowest BCUT2D eigenvalue weighted by atomic mass is 10.0. The van der Waals surface area contributed by atoms with Gasteiger partial charge in [-0.25, -0.2) is 0 Å². The van der Waals surface area contributed by atoms with Crippen LogP contribution in [0.5, 0.6) is 0 Å². The molecule has 0 aromatic heterocycles. The molecule has 1 aromatic carbocycles. The third-order valence-electron chi connectivity index (χ3n) is 3.12. The van der Waals surface area contributed by atoms with Gasteiger partial charge in [0.1, 0.15) is 5.78 Å². The van der Waals surface area contributed by atoms with Crippen molar-refractivity contribution >= 4 is 17.4 Å². The molecule has 15 heavy (non-hydrogen) atoms. The van der Waals surface area contributed by atoms with Crippen molar-refractivity contribution in [2.45, 2.75) is 26.7 Å². The fourth-order valence-corrected chi connectivity index (χ4v) is 2.04. The molecule has 1 saturated carbocycles. The summed E-state index contributed by atoms with van der Waals surface area (Å²) in [6.07, 6.45) is 1.64. The molecule has 2 atom stereocenters. The van der Waals surface area contributed by atoms with Gasteiger partial charge in [-0.05, 0) is 36.5 Å². The first-order valence-corrected chi connectivity index (χ1v) is 5.73. The van der Waals surface area contributed by atoms with Gasteiger partial charge in [-0.1, -0.05) is 30.7 Å². The Morgan fingerprint density at radius 1 is 1.53 bits per heavy atom. The number of Topliss-reactive ketones (excluding diaryl/α,β-unsaturated/α-hetero) is 1. The average molecular weight is 223 g/mol. The fourth-order valence-electron chi connectivity index (χ4n) is 1.92. The van der Waals surface area contributed by atoms with E-state index in [0.717, 1.165) is 22.6 Å². The van der Waals surface area contributed by atoms with Crippen LogP contribution in [0.2, 0.25) is 5.02 Å². The number of hydrogen-bond donors (Lipinski definition) is 0. The van der Waals surface area contributed by atoms with E-state index in [0.29, 0.717) is 24.0 Å². The van der Waals surface area contributed by atoms with E-state index in [1.54, 1.807) is 0 Å². The first kappa shape index (κ1) is 10.7. The van der Waals surface area contributed by atoms with Gasteiger partial charge in [0.15, 0.2) is 0 Å². The second kappa shape index (κ2) is 3.97. The van der Waals surface area contributed by atoms with Crippen molar-refractivity contribution in [2.75, 3.05) is 0 Å². The summed E-state index contributed by atoms with van der Waals surface area (Å²) in [7, 11) is 0. The highest BCUT2D eigenvalue weighted by atomic mass is 35.5. The second-order valence-corrected chi connectivity index (χ2v) is 4.95. The maximum Gasteiger partial charge on any atom is 0.140 e. The van der Waals surface area contributed by atoms with Gasteiger partial charge in [0.25, 0.3) is 0 Å². The van der Waals surface area contributed by atoms with Crippen molar-refractivity contribution in [3.63, 3.8) is 0 Å². The highest BCUT2D eigenvalue weighted by molar-refractivity contribution is 6.31. The highest BCUT2D eigenvalue weighted by Gasteiger charge is 2.38. The Morgan fingerprint density at radius 2 is 2.20 bits per heavy atom. The Hall–Kier alpha value is -0.820. The molecule has 2 unspecified atom stereocenters. The summed E-state index contributed by atoms with van der Waals surface area (Å²) in [5.41, 5.74) is 2.13. The molecule has 0 radical (unpaired) electrons. The summed E-state index contributed by atoms with van der Waals surface area (Å²) in [5, 5.41) is 0.769. The molecular weight excluding hydrogens is 208 g/mol. The highest BCUT2D eigenvalue weighted by Crippen LogP contribution is 2.39. The van der Waals surface area contributed by atoms with Crippen LogP contribution >= 0.6 is 11.6 Å². The van der Waals surface area contributed by atoms with E-state index in [4.69, 9.17) is 11.6 Å². The monoisotopic (exact) mass is 222 g/mol. The molecule has 1 fully saturated rings. The van der Waals surface area contributed by atoms with E-state index in [9.17, 15) is 4.79 Å². The molecule has 0 heterocycles. The molecule has 1 nitrogen and oxygen atoms in total. The van der Waals surface area contributed by atoms with Crippen molar-refractivity contribution in [1.29, 1.82) is 0 Å². The smallest absolute Gasteiger partial charge is 0.140 e. The number of carbonyl (C=O) groups is 1. The number of rotatable bonds is 3. The fraction of sp³-hybridized carbons (Fsp3) is 0.462. The van der Waals surface area contributed by atoms with Crippen molar-refractivity contribution in [3.05, 3.63) is 34.3 Å². The van der Waals surface area contributed by atoms with Crippen LogP contribution in [0.3, 0.4) is 0 Å². The minimum Gasteiger partial charge on any atom is -0.299 e. The maximum atomic E-state index is 11.7. The number of carbonyl (C=O) groups excluding carboxylic acids is 1. The van der Waals surface area contributed by atoms with Gasteiger partial charge in [-0.15, -0.1) is 0 Å². The zero-order chi connectivity index (χ0) is 11.0. The third kappa shape index (κ3) is 2.40. The van der Waals surface area contributed by atoms with Gasteiger partial charge >= 0.3 is 0 Å². The van der Waals surface area contributed by atoms with Gasteiger partial charge in [-0.3, -0.25) is 4.79 Å². The lowest BCUT2D eigenvalue weighted by Gasteiger charge is -2.03. The summed E-state index contributed by atoms with van der Waals surface area (Å²) in [5.74, 6) is 1.30. The Morgan fingerprint density at radius 3 is 2.73 bits per heavy atom. The predicted molar refractivity (Wildman–Crippen MR) is 62.2 cm³/mol. The molecule has 0 spiro atoms. The van der Waals surface area contributed by atoms with Gasteiger partial charge < -0.3 is 0 Å². The summed E-state index contributed by atoms with van der Waals surface area (Å²) in [6.45, 7) is 4.10. The zero-order valence-corrected chi connectivity index (χ0v) is 9.84. The van der Waals surface area contributed by atoms with Gasteiger partial charge in [0.2, 0.25) is 0 Å². The topological polar surface area (TPSA) is 17.1 Å². The third-order valence-corrected chi connectivity index (χ3v) is 3.55. The lowest BCUT2D eigenvalue weighted by molar-refractivity contribution is -0.119. The first-order valence-electron chi connectivity index (χ1n) is 5.35. The molecule has 2 rings (SSSR count). The number of aryl methyl sites for hydroxylation is 1. The van der Waals surface area contributed by atoms with Crippen LogP contribution in [0, 0.1) is 18.8 Å². The van der Waals surface area contributed by atoms with Crippen LogP contribution in [-0.2, 0) is 11.2 Å². The molecule has 1 aliphatic carbocycles. The second-order valence-electron chi connectivity index (χ2n) is 4.55. The Bertz CT molecular complexity index is 398. The van der Waals surface area contributed by atoms with Crippen molar-refractivity contribution < 1.29 is 4.79 Å². The van der Waals surface area contributed by atoms with Crippen LogP contribution in [0.1, 0.15) is 24.5 Å². The Kier molecular flexibility index (Phi) is 2.83. The first-order chi connectivity index (χ1) is 7.08. The molecule has 0 saturated heterocycles. The zero-order valence-electron chi connectivity index (χ0n) is 9.09. The molecule has 1 aliphatic rings. The van der Waals surface area contributed by atoms with Gasteiger partial charge in [0, 0.05) is 17.4 Å². The van der Waals surface area contributed by atoms with Crippen molar-refractivity contribution in [3.8, 4) is 0 Å². The van der Waals surface area contributed by atoms with E-state index in [2.05, 4.69) is 6.92 Å². The largest absolute Gasteiger partial charge is 0.299 e. The van der Waals surface area contributed by atoms with Crippen molar-refractivity contribution in [1.82, 2.24) is 0 Å². The lowest BCUT2D eigenvalue weighted by Crippen LogP contribution is -2.06. The van der Waals surface area contributed by atoms with Gasteiger partial charge in [0.05, 0.1) is 0 Å². The van der Waals surface area contributed by atoms with Crippen LogP contribution in [0.25, 0.3) is 0 Å². The summed E-state index contributed by atoms with van der Waals surface area (Å²) in [4.78, 5) is 11.7. The molecule has 0 N–H and O–H groups in total. The normalized spacial score (nSPS) is 23.9. The molecule has 80 valence electrons. The summed E-state index contributed by atoms with van der Waals surface area (Å²) < 4.78 is 0. The van der Waals surface area contributed by atoms with Crippen molar-refractivity contribution in [2.24, 2.45) is 11.8 Å². The molecule has 0 aliphatic heterocycles. The summed E-state index contributed by atoms with van der Waals surface area (Å²) in [6, 6.07) is 5.82.